The molecule has 0 unspecified atom stereocenters. The van der Waals surface area contributed by atoms with E-state index in [0.717, 1.165) is 45.0 Å². The highest BCUT2D eigenvalue weighted by Gasteiger charge is 2.34. The third kappa shape index (κ3) is 4.90. The van der Waals surface area contributed by atoms with Gasteiger partial charge < -0.3 is 9.64 Å². The summed E-state index contributed by atoms with van der Waals surface area (Å²) >= 11 is 3.69. The van der Waals surface area contributed by atoms with E-state index in [1.165, 1.54) is 18.4 Å². The summed E-state index contributed by atoms with van der Waals surface area (Å²) in [4.78, 5) is 28.1. The molecule has 184 valence electrons. The number of aromatic nitrogens is 1. The first-order valence-corrected chi connectivity index (χ1v) is 13.4. The lowest BCUT2D eigenvalue weighted by Gasteiger charge is -2.40. The maximum Gasteiger partial charge on any atom is 0.410 e. The van der Waals surface area contributed by atoms with Crippen LogP contribution in [-0.2, 0) is 17.6 Å². The van der Waals surface area contributed by atoms with Crippen molar-refractivity contribution in [2.24, 2.45) is 5.92 Å². The molecule has 5 rings (SSSR count). The molecular weight excluding hydrogens is 504 g/mol. The molecule has 0 radical (unpaired) electrons. The van der Waals surface area contributed by atoms with Crippen LogP contribution in [-0.4, -0.2) is 34.3 Å². The fourth-order valence-electron chi connectivity index (χ4n) is 5.05. The number of hydrogen-bond acceptors (Lipinski definition) is 3. The molecule has 1 aliphatic carbocycles. The average Bonchev–Trinajstić information content (AvgIpc) is 3.60. The van der Waals surface area contributed by atoms with E-state index in [2.05, 4.69) is 41.1 Å². The summed E-state index contributed by atoms with van der Waals surface area (Å²) in [5.41, 5.74) is 3.90. The molecule has 2 fully saturated rings. The van der Waals surface area contributed by atoms with E-state index < -0.39 is 5.60 Å². The predicted octanol–water partition coefficient (Wildman–Crippen LogP) is 6.60. The van der Waals surface area contributed by atoms with Crippen LogP contribution >= 0.6 is 15.9 Å². The lowest BCUT2D eigenvalue weighted by atomic mass is 9.93. The first-order chi connectivity index (χ1) is 16.6. The Morgan fingerprint density at radius 1 is 1.11 bits per heavy atom. The standard InChI is InChI=1S/C29H33BrN2O3/c1-5-23-25(30)7-6-8-26(23)32-22(13-18-16-31(17-18)28(34)35-29(2,3)4)15-21-14-20(19-9-10-19)11-12-24(21)27(32)33/h6-8,11-12,14-15,18-19H,5,9-10,13,16-17H2,1-4H3. The van der Waals surface area contributed by atoms with E-state index in [0.29, 0.717) is 19.0 Å². The Kier molecular flexibility index (Phi) is 6.28. The Bertz CT molecular complexity index is 1340. The molecular formula is C29H33BrN2O3. The molecule has 0 bridgehead atoms. The van der Waals surface area contributed by atoms with Gasteiger partial charge in [-0.2, -0.15) is 0 Å². The molecule has 3 aromatic rings. The van der Waals surface area contributed by atoms with Crippen LogP contribution in [0.1, 0.15) is 63.3 Å². The van der Waals surface area contributed by atoms with Gasteiger partial charge in [0.05, 0.1) is 5.69 Å². The van der Waals surface area contributed by atoms with Crippen LogP contribution in [0.3, 0.4) is 0 Å². The molecule has 0 atom stereocenters. The van der Waals surface area contributed by atoms with Gasteiger partial charge in [0.2, 0.25) is 0 Å². The summed E-state index contributed by atoms with van der Waals surface area (Å²) in [5, 5.41) is 1.77. The van der Waals surface area contributed by atoms with Crippen molar-refractivity contribution in [2.75, 3.05) is 13.1 Å². The molecule has 1 saturated heterocycles. The van der Waals surface area contributed by atoms with Gasteiger partial charge in [-0.3, -0.25) is 9.36 Å². The number of carbonyl (C=O) groups excluding carboxylic acids is 1. The molecule has 6 heteroatoms. The van der Waals surface area contributed by atoms with Crippen molar-refractivity contribution < 1.29 is 9.53 Å². The number of carbonyl (C=O) groups is 1. The van der Waals surface area contributed by atoms with Gasteiger partial charge >= 0.3 is 6.09 Å². The Morgan fingerprint density at radius 3 is 2.51 bits per heavy atom. The average molecular weight is 537 g/mol. The quantitative estimate of drug-likeness (QED) is 0.369. The van der Waals surface area contributed by atoms with Gasteiger partial charge in [0.1, 0.15) is 5.60 Å². The van der Waals surface area contributed by atoms with Crippen LogP contribution in [0.2, 0.25) is 0 Å². The van der Waals surface area contributed by atoms with Gasteiger partial charge in [0.25, 0.3) is 5.56 Å². The minimum Gasteiger partial charge on any atom is -0.444 e. The third-order valence-corrected chi connectivity index (χ3v) is 7.71. The smallest absolute Gasteiger partial charge is 0.410 e. The number of fused-ring (bicyclic) bond motifs is 1. The minimum absolute atomic E-state index is 0.0240. The van der Waals surface area contributed by atoms with Crippen molar-refractivity contribution >= 4 is 32.8 Å². The highest BCUT2D eigenvalue weighted by atomic mass is 79.9. The number of benzene rings is 2. The molecule has 2 heterocycles. The van der Waals surface area contributed by atoms with Crippen LogP contribution in [0, 0.1) is 5.92 Å². The maximum absolute atomic E-state index is 13.9. The first-order valence-electron chi connectivity index (χ1n) is 12.6. The van der Waals surface area contributed by atoms with Gasteiger partial charge in [-0.1, -0.05) is 41.1 Å². The zero-order valence-corrected chi connectivity index (χ0v) is 22.5. The number of ether oxygens (including phenoxy) is 1. The zero-order chi connectivity index (χ0) is 24.9. The van der Waals surface area contributed by atoms with E-state index >= 15 is 0 Å². The van der Waals surface area contributed by atoms with Crippen LogP contribution < -0.4 is 5.56 Å². The molecule has 2 aliphatic rings. The van der Waals surface area contributed by atoms with Crippen LogP contribution in [0.5, 0.6) is 0 Å². The van der Waals surface area contributed by atoms with Crippen molar-refractivity contribution in [1.29, 1.82) is 0 Å². The topological polar surface area (TPSA) is 51.5 Å². The highest BCUT2D eigenvalue weighted by molar-refractivity contribution is 9.10. The second-order valence-corrected chi connectivity index (χ2v) is 11.8. The van der Waals surface area contributed by atoms with Gasteiger partial charge in [-0.25, -0.2) is 4.79 Å². The summed E-state index contributed by atoms with van der Waals surface area (Å²) in [6.45, 7) is 9.05. The molecule has 1 aromatic heterocycles. The Labute approximate surface area is 215 Å². The molecule has 5 nitrogen and oxygen atoms in total. The van der Waals surface area contributed by atoms with E-state index in [4.69, 9.17) is 4.74 Å². The van der Waals surface area contributed by atoms with Crippen LogP contribution in [0.4, 0.5) is 4.79 Å². The maximum atomic E-state index is 13.9. The second kappa shape index (κ2) is 9.12. The molecule has 0 spiro atoms. The lowest BCUT2D eigenvalue weighted by Crippen LogP contribution is -2.52. The normalized spacial score (nSPS) is 16.4. The van der Waals surface area contributed by atoms with Crippen molar-refractivity contribution in [3.63, 3.8) is 0 Å². The van der Waals surface area contributed by atoms with Gasteiger partial charge in [0.15, 0.2) is 0 Å². The van der Waals surface area contributed by atoms with Gasteiger partial charge in [-0.15, -0.1) is 0 Å². The fourth-order valence-corrected chi connectivity index (χ4v) is 5.69. The number of halogens is 1. The summed E-state index contributed by atoms with van der Waals surface area (Å²) in [6.07, 6.45) is 3.75. The first kappa shape index (κ1) is 24.1. The van der Waals surface area contributed by atoms with Gasteiger partial charge in [0, 0.05) is 28.6 Å². The zero-order valence-electron chi connectivity index (χ0n) is 20.9. The number of amides is 1. The summed E-state index contributed by atoms with van der Waals surface area (Å²) in [6, 6.07) is 14.6. The van der Waals surface area contributed by atoms with Crippen molar-refractivity contribution in [3.8, 4) is 5.69 Å². The van der Waals surface area contributed by atoms with E-state index in [1.54, 1.807) is 4.90 Å². The molecule has 1 aliphatic heterocycles. The molecule has 2 aromatic carbocycles. The molecule has 0 N–H and O–H groups in total. The highest BCUT2D eigenvalue weighted by Crippen LogP contribution is 2.41. The lowest BCUT2D eigenvalue weighted by molar-refractivity contribution is -0.00107. The monoisotopic (exact) mass is 536 g/mol. The van der Waals surface area contributed by atoms with Crippen molar-refractivity contribution in [1.82, 2.24) is 9.47 Å². The molecule has 1 amide bonds. The Hall–Kier alpha value is -2.60. The van der Waals surface area contributed by atoms with E-state index in [-0.39, 0.29) is 17.6 Å². The summed E-state index contributed by atoms with van der Waals surface area (Å²) < 4.78 is 8.44. The van der Waals surface area contributed by atoms with E-state index in [9.17, 15) is 9.59 Å². The van der Waals surface area contributed by atoms with Crippen molar-refractivity contribution in [2.45, 2.75) is 64.9 Å². The van der Waals surface area contributed by atoms with Crippen LogP contribution in [0.25, 0.3) is 16.5 Å². The number of likely N-dealkylation sites (tertiary alicyclic amines) is 1. The number of pyridine rings is 1. The van der Waals surface area contributed by atoms with Gasteiger partial charge in [-0.05, 0) is 99.1 Å². The number of rotatable bonds is 5. The second-order valence-electron chi connectivity index (χ2n) is 10.9. The number of hydrogen-bond donors (Lipinski definition) is 0. The predicted molar refractivity (Wildman–Crippen MR) is 144 cm³/mol. The summed E-state index contributed by atoms with van der Waals surface area (Å²) in [7, 11) is 0. The van der Waals surface area contributed by atoms with Crippen LogP contribution in [0.15, 0.2) is 51.7 Å². The van der Waals surface area contributed by atoms with E-state index in [1.807, 2.05) is 49.6 Å². The summed E-state index contributed by atoms with van der Waals surface area (Å²) in [5.74, 6) is 0.922. The van der Waals surface area contributed by atoms with Crippen molar-refractivity contribution in [3.05, 3.63) is 74.1 Å². The molecule has 35 heavy (non-hydrogen) atoms. The third-order valence-electron chi connectivity index (χ3n) is 6.96. The molecule has 1 saturated carbocycles. The SMILES string of the molecule is CCc1c(Br)cccc1-n1c(CC2CN(C(=O)OC(C)(C)C)C2)cc2cc(C3CC3)ccc2c1=O. The Morgan fingerprint density at radius 2 is 1.86 bits per heavy atom. The minimum atomic E-state index is -0.502. The number of nitrogens with zero attached hydrogens (tertiary/aromatic N) is 2. The Balaban J connectivity index is 1.53. The fraction of sp³-hybridized carbons (Fsp3) is 0.448. The largest absolute Gasteiger partial charge is 0.444 e.